The van der Waals surface area contributed by atoms with Gasteiger partial charge in [-0.15, -0.1) is 0 Å². The van der Waals surface area contributed by atoms with Gasteiger partial charge < -0.3 is 19.7 Å². The highest BCUT2D eigenvalue weighted by Gasteiger charge is 2.36. The van der Waals surface area contributed by atoms with Crippen molar-refractivity contribution >= 4 is 33.7 Å². The monoisotopic (exact) mass is 544 g/mol. The molecule has 0 aliphatic carbocycles. The third kappa shape index (κ3) is 8.09. The summed E-state index contributed by atoms with van der Waals surface area (Å²) in [5.74, 6) is -0.735. The van der Waals surface area contributed by atoms with Crippen LogP contribution in [0.5, 0.6) is 5.75 Å². The Morgan fingerprint density at radius 3 is 2.66 bits per heavy atom. The number of carbonyl (C=O) groups excluding carboxylic acids is 3. The lowest BCUT2D eigenvalue weighted by Crippen LogP contribution is -2.57. The highest BCUT2D eigenvalue weighted by Crippen LogP contribution is 2.27. The Hall–Kier alpha value is -2.87. The predicted molar refractivity (Wildman–Crippen MR) is 137 cm³/mol. The molecule has 0 spiro atoms. The zero-order valence-corrected chi connectivity index (χ0v) is 21.7. The Morgan fingerprint density at radius 2 is 1.89 bits per heavy atom. The van der Waals surface area contributed by atoms with Gasteiger partial charge in [-0.25, -0.2) is 0 Å². The summed E-state index contributed by atoms with van der Waals surface area (Å²) in [7, 11) is 0. The van der Waals surface area contributed by atoms with E-state index in [1.807, 2.05) is 36.4 Å². The first-order valence-electron chi connectivity index (χ1n) is 12.2. The van der Waals surface area contributed by atoms with Crippen LogP contribution in [0.4, 0.5) is 0 Å². The van der Waals surface area contributed by atoms with E-state index >= 15 is 0 Å². The molecule has 7 nitrogen and oxygen atoms in total. The molecule has 1 saturated heterocycles. The quantitative estimate of drug-likeness (QED) is 0.313. The molecule has 188 valence electrons. The molecule has 2 aromatic carbocycles. The summed E-state index contributed by atoms with van der Waals surface area (Å²) >= 11 is 3.43. The van der Waals surface area contributed by atoms with E-state index in [9.17, 15) is 14.4 Å². The number of rotatable bonds is 12. The van der Waals surface area contributed by atoms with E-state index in [-0.39, 0.29) is 24.8 Å². The van der Waals surface area contributed by atoms with E-state index in [2.05, 4.69) is 28.2 Å². The average Bonchev–Trinajstić information content (AvgIpc) is 2.86. The van der Waals surface area contributed by atoms with Gasteiger partial charge in [0, 0.05) is 24.0 Å². The van der Waals surface area contributed by atoms with Crippen LogP contribution in [0, 0.1) is 0 Å². The molecule has 1 unspecified atom stereocenters. The van der Waals surface area contributed by atoms with Gasteiger partial charge in [-0.05, 0) is 30.2 Å². The van der Waals surface area contributed by atoms with Crippen molar-refractivity contribution in [2.24, 2.45) is 0 Å². The number of carbonyl (C=O) groups is 3. The summed E-state index contributed by atoms with van der Waals surface area (Å²) in [5.41, 5.74) is 1.43. The van der Waals surface area contributed by atoms with Crippen LogP contribution in [0.25, 0.3) is 0 Å². The van der Waals surface area contributed by atoms with Crippen LogP contribution in [0.15, 0.2) is 53.0 Å². The average molecular weight is 545 g/mol. The Morgan fingerprint density at radius 1 is 1.09 bits per heavy atom. The first-order valence-corrected chi connectivity index (χ1v) is 13.0. The van der Waals surface area contributed by atoms with Gasteiger partial charge in [-0.1, -0.05) is 72.4 Å². The van der Waals surface area contributed by atoms with Gasteiger partial charge in [-0.3, -0.25) is 14.4 Å². The normalized spacial score (nSPS) is 15.4. The van der Waals surface area contributed by atoms with Gasteiger partial charge in [0.2, 0.25) is 5.91 Å². The maximum absolute atomic E-state index is 13.5. The van der Waals surface area contributed by atoms with E-state index in [1.54, 1.807) is 12.1 Å². The van der Waals surface area contributed by atoms with Crippen molar-refractivity contribution in [3.8, 4) is 5.75 Å². The molecule has 1 heterocycles. The largest absolute Gasteiger partial charge is 0.493 e. The molecular formula is C27H33BrN2O5. The van der Waals surface area contributed by atoms with Crippen molar-refractivity contribution in [3.63, 3.8) is 0 Å². The molecule has 1 N–H and O–H groups in total. The number of piperazine rings is 1. The maximum atomic E-state index is 13.5. The molecule has 1 atom stereocenters. The zero-order chi connectivity index (χ0) is 25.0. The molecule has 2 amide bonds. The molecule has 8 heteroatoms. The van der Waals surface area contributed by atoms with Crippen molar-refractivity contribution < 1.29 is 23.9 Å². The van der Waals surface area contributed by atoms with Crippen LogP contribution in [-0.4, -0.2) is 55.0 Å². The number of hydrogen-bond acceptors (Lipinski definition) is 5. The summed E-state index contributed by atoms with van der Waals surface area (Å²) in [5, 5.41) is 2.75. The summed E-state index contributed by atoms with van der Waals surface area (Å²) in [6.45, 7) is 3.50. The number of benzene rings is 2. The highest BCUT2D eigenvalue weighted by molar-refractivity contribution is 9.10. The van der Waals surface area contributed by atoms with Crippen molar-refractivity contribution in [2.45, 2.75) is 51.5 Å². The van der Waals surface area contributed by atoms with Crippen molar-refractivity contribution in [1.29, 1.82) is 0 Å². The highest BCUT2D eigenvalue weighted by atomic mass is 79.9. The van der Waals surface area contributed by atoms with Crippen LogP contribution in [-0.2, 0) is 20.7 Å². The molecule has 0 aromatic heterocycles. The molecule has 1 fully saturated rings. The van der Waals surface area contributed by atoms with Crippen LogP contribution in [0.1, 0.15) is 54.9 Å². The number of esters is 1. The topological polar surface area (TPSA) is 84.9 Å². The lowest BCUT2D eigenvalue weighted by molar-refractivity contribution is -0.147. The zero-order valence-electron chi connectivity index (χ0n) is 20.1. The summed E-state index contributed by atoms with van der Waals surface area (Å²) in [6, 6.07) is 14.1. The minimum absolute atomic E-state index is 0.201. The third-order valence-corrected chi connectivity index (χ3v) is 6.37. The summed E-state index contributed by atoms with van der Waals surface area (Å²) < 4.78 is 12.0. The Balaban J connectivity index is 1.65. The second-order valence-electron chi connectivity index (χ2n) is 8.52. The molecule has 1 aliphatic heterocycles. The van der Waals surface area contributed by atoms with Crippen LogP contribution < -0.4 is 10.1 Å². The third-order valence-electron chi connectivity index (χ3n) is 5.88. The number of unbranched alkanes of at least 4 members (excludes halogenated alkanes) is 3. The molecule has 2 aromatic rings. The van der Waals surface area contributed by atoms with Gasteiger partial charge in [0.05, 0.1) is 25.2 Å². The number of nitrogens with zero attached hydrogens (tertiary/aromatic N) is 1. The molecule has 1 aliphatic rings. The lowest BCUT2D eigenvalue weighted by Gasteiger charge is -2.35. The lowest BCUT2D eigenvalue weighted by atomic mass is 10.1. The summed E-state index contributed by atoms with van der Waals surface area (Å²) in [6.07, 6.45) is 4.63. The Bertz CT molecular complexity index is 998. The maximum Gasteiger partial charge on any atom is 0.308 e. The second kappa shape index (κ2) is 13.9. The molecule has 35 heavy (non-hydrogen) atoms. The molecule has 0 radical (unpaired) electrons. The molecule has 0 saturated carbocycles. The fourth-order valence-electron chi connectivity index (χ4n) is 3.97. The van der Waals surface area contributed by atoms with E-state index in [1.165, 1.54) is 4.90 Å². The second-order valence-corrected chi connectivity index (χ2v) is 9.43. The van der Waals surface area contributed by atoms with Gasteiger partial charge in [0.25, 0.3) is 5.91 Å². The first kappa shape index (κ1) is 26.7. The minimum Gasteiger partial charge on any atom is -0.493 e. The van der Waals surface area contributed by atoms with Crippen LogP contribution >= 0.6 is 15.9 Å². The van der Waals surface area contributed by atoms with E-state index in [4.69, 9.17) is 9.47 Å². The Kier molecular flexibility index (Phi) is 10.6. The minimum atomic E-state index is -0.933. The fraction of sp³-hybridized carbons (Fsp3) is 0.444. The van der Waals surface area contributed by atoms with E-state index < -0.39 is 12.0 Å². The van der Waals surface area contributed by atoms with E-state index in [0.29, 0.717) is 37.4 Å². The molecular weight excluding hydrogens is 512 g/mol. The summed E-state index contributed by atoms with van der Waals surface area (Å²) in [4.78, 5) is 40.2. The van der Waals surface area contributed by atoms with Crippen molar-refractivity contribution in [2.75, 3.05) is 26.3 Å². The SMILES string of the molecule is CCCCCCOc1ccc(Br)cc1C(=O)N1CCNC(=O)C1CC(=O)OCCc1ccccc1. The number of nitrogens with one attached hydrogen (secondary N) is 1. The number of halogens is 1. The Labute approximate surface area is 215 Å². The number of ether oxygens (including phenoxy) is 2. The first-order chi connectivity index (χ1) is 17.0. The van der Waals surface area contributed by atoms with Crippen LogP contribution in [0.2, 0.25) is 0 Å². The molecule has 3 rings (SSSR count). The van der Waals surface area contributed by atoms with Gasteiger partial charge in [0.15, 0.2) is 0 Å². The van der Waals surface area contributed by atoms with Gasteiger partial charge in [0.1, 0.15) is 11.8 Å². The molecule has 0 bridgehead atoms. The van der Waals surface area contributed by atoms with Crippen molar-refractivity contribution in [3.05, 3.63) is 64.1 Å². The standard InChI is InChI=1S/C27H33BrN2O5/c1-2-3-4-8-16-34-24-12-11-21(28)18-22(24)27(33)30-15-14-29-26(32)23(30)19-25(31)35-17-13-20-9-6-5-7-10-20/h5-7,9-12,18,23H,2-4,8,13-17,19H2,1H3,(H,29,32). The smallest absolute Gasteiger partial charge is 0.308 e. The van der Waals surface area contributed by atoms with Gasteiger partial charge >= 0.3 is 5.97 Å². The fourth-order valence-corrected chi connectivity index (χ4v) is 4.33. The van der Waals surface area contributed by atoms with Gasteiger partial charge in [-0.2, -0.15) is 0 Å². The van der Waals surface area contributed by atoms with Crippen molar-refractivity contribution in [1.82, 2.24) is 10.2 Å². The van der Waals surface area contributed by atoms with Crippen LogP contribution in [0.3, 0.4) is 0 Å². The van der Waals surface area contributed by atoms with E-state index in [0.717, 1.165) is 35.7 Å². The predicted octanol–water partition coefficient (Wildman–Crippen LogP) is 4.52. The number of hydrogen-bond donors (Lipinski definition) is 1. The number of amides is 2.